The predicted molar refractivity (Wildman–Crippen MR) is 61.1 cm³/mol. The van der Waals surface area contributed by atoms with E-state index in [4.69, 9.17) is 9.84 Å². The van der Waals surface area contributed by atoms with Gasteiger partial charge >= 0.3 is 0 Å². The molecule has 0 aliphatic rings. The zero-order chi connectivity index (χ0) is 11.1. The fraction of sp³-hybridized carbons (Fsp3) is 0.500. The summed E-state index contributed by atoms with van der Waals surface area (Å²) in [6.07, 6.45) is 0. The van der Waals surface area contributed by atoms with Gasteiger partial charge in [-0.25, -0.2) is 0 Å². The van der Waals surface area contributed by atoms with Crippen LogP contribution in [0.5, 0.6) is 5.75 Å². The molecule has 2 N–H and O–H groups in total. The second-order valence-electron chi connectivity index (χ2n) is 3.46. The molecule has 0 spiro atoms. The molecule has 1 rings (SSSR count). The first-order chi connectivity index (χ1) is 7.27. The van der Waals surface area contributed by atoms with Crippen molar-refractivity contribution in [1.29, 1.82) is 0 Å². The van der Waals surface area contributed by atoms with E-state index in [2.05, 4.69) is 25.2 Å². The van der Waals surface area contributed by atoms with Crippen LogP contribution >= 0.6 is 0 Å². The summed E-state index contributed by atoms with van der Waals surface area (Å²) >= 11 is 0. The second-order valence-corrected chi connectivity index (χ2v) is 3.46. The molecule has 84 valence electrons. The maximum Gasteiger partial charge on any atom is 0.123 e. The number of aliphatic hydroxyl groups is 1. The van der Waals surface area contributed by atoms with Gasteiger partial charge in [-0.1, -0.05) is 24.6 Å². The van der Waals surface area contributed by atoms with Gasteiger partial charge in [0.15, 0.2) is 0 Å². The highest BCUT2D eigenvalue weighted by Gasteiger charge is 2.03. The molecule has 0 aliphatic heterocycles. The fourth-order valence-electron chi connectivity index (χ4n) is 1.40. The molecule has 0 radical (unpaired) electrons. The minimum absolute atomic E-state index is 0.0501. The Morgan fingerprint density at radius 3 is 2.87 bits per heavy atom. The van der Waals surface area contributed by atoms with Gasteiger partial charge in [0, 0.05) is 12.1 Å². The van der Waals surface area contributed by atoms with E-state index in [0.717, 1.165) is 24.4 Å². The first-order valence-corrected chi connectivity index (χ1v) is 5.31. The van der Waals surface area contributed by atoms with Crippen LogP contribution in [-0.2, 0) is 6.54 Å². The molecule has 0 amide bonds. The van der Waals surface area contributed by atoms with Crippen molar-refractivity contribution in [3.05, 3.63) is 29.3 Å². The van der Waals surface area contributed by atoms with E-state index in [0.29, 0.717) is 6.61 Å². The quantitative estimate of drug-likeness (QED) is 0.745. The Labute approximate surface area is 91.1 Å². The number of aliphatic hydroxyl groups excluding tert-OH is 1. The number of hydrogen-bond acceptors (Lipinski definition) is 3. The van der Waals surface area contributed by atoms with Gasteiger partial charge in [0.1, 0.15) is 12.4 Å². The monoisotopic (exact) mass is 209 g/mol. The third kappa shape index (κ3) is 3.90. The van der Waals surface area contributed by atoms with Gasteiger partial charge in [-0.2, -0.15) is 0 Å². The van der Waals surface area contributed by atoms with Crippen LogP contribution in [0.25, 0.3) is 0 Å². The Morgan fingerprint density at radius 2 is 2.20 bits per heavy atom. The summed E-state index contributed by atoms with van der Waals surface area (Å²) < 4.78 is 5.45. The minimum atomic E-state index is 0.0501. The molecule has 0 heterocycles. The van der Waals surface area contributed by atoms with Gasteiger partial charge in [-0.3, -0.25) is 0 Å². The van der Waals surface area contributed by atoms with E-state index >= 15 is 0 Å². The summed E-state index contributed by atoms with van der Waals surface area (Å²) in [5, 5.41) is 12.0. The van der Waals surface area contributed by atoms with Crippen molar-refractivity contribution in [3.63, 3.8) is 0 Å². The number of aryl methyl sites for hydroxylation is 1. The van der Waals surface area contributed by atoms with Crippen LogP contribution in [0.1, 0.15) is 18.1 Å². The van der Waals surface area contributed by atoms with E-state index in [-0.39, 0.29) is 6.61 Å². The molecule has 1 aromatic rings. The van der Waals surface area contributed by atoms with Crippen LogP contribution < -0.4 is 10.1 Å². The fourth-order valence-corrected chi connectivity index (χ4v) is 1.40. The summed E-state index contributed by atoms with van der Waals surface area (Å²) in [4.78, 5) is 0. The maximum absolute atomic E-state index is 8.71. The van der Waals surface area contributed by atoms with E-state index in [1.165, 1.54) is 5.56 Å². The standard InChI is InChI=1S/C12H19NO2/c1-3-13-9-11-8-10(2)4-5-12(11)15-7-6-14/h4-5,8,13-14H,3,6-7,9H2,1-2H3. The van der Waals surface area contributed by atoms with Crippen LogP contribution in [0.15, 0.2) is 18.2 Å². The summed E-state index contributed by atoms with van der Waals surface area (Å²) in [6.45, 7) is 6.28. The lowest BCUT2D eigenvalue weighted by atomic mass is 10.1. The molecular formula is C12H19NO2. The maximum atomic E-state index is 8.71. The second kappa shape index (κ2) is 6.43. The average Bonchev–Trinajstić information content (AvgIpc) is 2.25. The molecule has 3 nitrogen and oxygen atoms in total. The number of benzene rings is 1. The van der Waals surface area contributed by atoms with Gasteiger partial charge in [0.05, 0.1) is 6.61 Å². The molecule has 0 bridgehead atoms. The molecule has 0 unspecified atom stereocenters. The topological polar surface area (TPSA) is 41.5 Å². The largest absolute Gasteiger partial charge is 0.491 e. The lowest BCUT2D eigenvalue weighted by Crippen LogP contribution is -2.13. The average molecular weight is 209 g/mol. The highest BCUT2D eigenvalue weighted by Crippen LogP contribution is 2.19. The molecular weight excluding hydrogens is 190 g/mol. The van der Waals surface area contributed by atoms with Crippen molar-refractivity contribution < 1.29 is 9.84 Å². The molecule has 0 fully saturated rings. The van der Waals surface area contributed by atoms with Gasteiger partial charge in [-0.05, 0) is 19.5 Å². The Kier molecular flexibility index (Phi) is 5.15. The number of rotatable bonds is 6. The normalized spacial score (nSPS) is 10.3. The zero-order valence-electron chi connectivity index (χ0n) is 9.42. The van der Waals surface area contributed by atoms with Gasteiger partial charge in [0.2, 0.25) is 0 Å². The van der Waals surface area contributed by atoms with Crippen LogP contribution in [0, 0.1) is 6.92 Å². The van der Waals surface area contributed by atoms with E-state index in [1.54, 1.807) is 0 Å². The van der Waals surface area contributed by atoms with Crippen molar-refractivity contribution in [2.75, 3.05) is 19.8 Å². The van der Waals surface area contributed by atoms with Gasteiger partial charge < -0.3 is 15.2 Å². The third-order valence-electron chi connectivity index (χ3n) is 2.13. The SMILES string of the molecule is CCNCc1cc(C)ccc1OCCO. The summed E-state index contributed by atoms with van der Waals surface area (Å²) in [5.74, 6) is 0.857. The molecule has 1 aromatic carbocycles. The number of hydrogen-bond donors (Lipinski definition) is 2. The molecule has 0 atom stereocenters. The highest BCUT2D eigenvalue weighted by molar-refractivity contribution is 5.36. The van der Waals surface area contributed by atoms with Crippen molar-refractivity contribution >= 4 is 0 Å². The summed E-state index contributed by atoms with van der Waals surface area (Å²) in [5.41, 5.74) is 2.37. The van der Waals surface area contributed by atoms with Crippen LogP contribution in [0.3, 0.4) is 0 Å². The number of nitrogens with one attached hydrogen (secondary N) is 1. The molecule has 0 saturated heterocycles. The zero-order valence-corrected chi connectivity index (χ0v) is 9.42. The van der Waals surface area contributed by atoms with Crippen molar-refractivity contribution in [2.45, 2.75) is 20.4 Å². The Bertz CT molecular complexity index is 300. The molecule has 3 heteroatoms. The van der Waals surface area contributed by atoms with E-state index < -0.39 is 0 Å². The molecule has 15 heavy (non-hydrogen) atoms. The predicted octanol–water partition coefficient (Wildman–Crippen LogP) is 1.48. The molecule has 0 aromatic heterocycles. The number of ether oxygens (including phenoxy) is 1. The summed E-state index contributed by atoms with van der Waals surface area (Å²) in [6, 6.07) is 6.08. The lowest BCUT2D eigenvalue weighted by Gasteiger charge is -2.11. The van der Waals surface area contributed by atoms with Gasteiger partial charge in [-0.15, -0.1) is 0 Å². The van der Waals surface area contributed by atoms with E-state index in [9.17, 15) is 0 Å². The molecule has 0 aliphatic carbocycles. The summed E-state index contributed by atoms with van der Waals surface area (Å²) in [7, 11) is 0. The van der Waals surface area contributed by atoms with E-state index in [1.807, 2.05) is 12.1 Å². The van der Waals surface area contributed by atoms with Crippen LogP contribution in [0.4, 0.5) is 0 Å². The highest BCUT2D eigenvalue weighted by atomic mass is 16.5. The van der Waals surface area contributed by atoms with Crippen LogP contribution in [0.2, 0.25) is 0 Å². The Morgan fingerprint density at radius 1 is 1.40 bits per heavy atom. The smallest absolute Gasteiger partial charge is 0.123 e. The van der Waals surface area contributed by atoms with Crippen LogP contribution in [-0.4, -0.2) is 24.9 Å². The first kappa shape index (κ1) is 12.0. The van der Waals surface area contributed by atoms with Gasteiger partial charge in [0.25, 0.3) is 0 Å². The Hall–Kier alpha value is -1.06. The third-order valence-corrected chi connectivity index (χ3v) is 2.13. The Balaban J connectivity index is 2.73. The lowest BCUT2D eigenvalue weighted by molar-refractivity contribution is 0.200. The molecule has 0 saturated carbocycles. The van der Waals surface area contributed by atoms with Crippen molar-refractivity contribution in [3.8, 4) is 5.75 Å². The minimum Gasteiger partial charge on any atom is -0.491 e. The first-order valence-electron chi connectivity index (χ1n) is 5.31. The van der Waals surface area contributed by atoms with Crippen molar-refractivity contribution in [1.82, 2.24) is 5.32 Å². The van der Waals surface area contributed by atoms with Crippen molar-refractivity contribution in [2.24, 2.45) is 0 Å².